The van der Waals surface area contributed by atoms with Gasteiger partial charge in [0.2, 0.25) is 5.82 Å². The van der Waals surface area contributed by atoms with Gasteiger partial charge in [0.1, 0.15) is 5.82 Å². The topological polar surface area (TPSA) is 67.6 Å². The van der Waals surface area contributed by atoms with E-state index in [1.54, 1.807) is 6.26 Å². The average Bonchev–Trinajstić information content (AvgIpc) is 3.43. The highest BCUT2D eigenvalue weighted by Gasteiger charge is 2.14. The largest absolute Gasteiger partial charge is 0.461 e. The first-order chi connectivity index (χ1) is 14.3. The van der Waals surface area contributed by atoms with Crippen molar-refractivity contribution in [3.05, 3.63) is 83.9 Å². The lowest BCUT2D eigenvalue weighted by Crippen LogP contribution is -2.07. The molecule has 0 radical (unpaired) electrons. The van der Waals surface area contributed by atoms with Crippen molar-refractivity contribution in [2.45, 2.75) is 32.7 Å². The van der Waals surface area contributed by atoms with Crippen molar-refractivity contribution >= 4 is 0 Å². The Bertz CT molecular complexity index is 1120. The zero-order chi connectivity index (χ0) is 20.1. The molecule has 29 heavy (non-hydrogen) atoms. The van der Waals surface area contributed by atoms with Gasteiger partial charge >= 0.3 is 0 Å². The monoisotopic (exact) mass is 382 g/mol. The van der Waals surface area contributed by atoms with Crippen LogP contribution in [0.3, 0.4) is 0 Å². The molecule has 0 saturated heterocycles. The van der Waals surface area contributed by atoms with Crippen LogP contribution in [0.5, 0.6) is 0 Å². The van der Waals surface area contributed by atoms with Crippen LogP contribution in [0.15, 0.2) is 71.3 Å². The SMILES string of the molecule is CCCCc1nc(-c2ccco2)nn1Cc1ccc(-c2ccccc2C#N)cc1. The smallest absolute Gasteiger partial charge is 0.217 e. The van der Waals surface area contributed by atoms with Crippen LogP contribution in [-0.4, -0.2) is 14.8 Å². The lowest BCUT2D eigenvalue weighted by Gasteiger charge is -2.08. The Labute approximate surface area is 170 Å². The highest BCUT2D eigenvalue weighted by Crippen LogP contribution is 2.24. The van der Waals surface area contributed by atoms with Gasteiger partial charge in [-0.15, -0.1) is 5.10 Å². The van der Waals surface area contributed by atoms with E-state index in [1.807, 2.05) is 41.1 Å². The lowest BCUT2D eigenvalue weighted by molar-refractivity contribution is 0.574. The molecular weight excluding hydrogens is 360 g/mol. The van der Waals surface area contributed by atoms with E-state index in [0.29, 0.717) is 23.7 Å². The summed E-state index contributed by atoms with van der Waals surface area (Å²) >= 11 is 0. The van der Waals surface area contributed by atoms with Gasteiger partial charge in [-0.05, 0) is 41.3 Å². The molecule has 0 aliphatic carbocycles. The number of aryl methyl sites for hydroxylation is 1. The molecule has 0 spiro atoms. The highest BCUT2D eigenvalue weighted by atomic mass is 16.3. The number of furan rings is 1. The fraction of sp³-hybridized carbons (Fsp3) is 0.208. The van der Waals surface area contributed by atoms with Gasteiger partial charge in [-0.3, -0.25) is 0 Å². The van der Waals surface area contributed by atoms with E-state index >= 15 is 0 Å². The van der Waals surface area contributed by atoms with Crippen molar-refractivity contribution in [2.24, 2.45) is 0 Å². The summed E-state index contributed by atoms with van der Waals surface area (Å²) in [6.07, 6.45) is 4.70. The number of aromatic nitrogens is 3. The molecule has 0 aliphatic heterocycles. The second-order valence-corrected chi connectivity index (χ2v) is 6.94. The molecule has 2 aromatic heterocycles. The summed E-state index contributed by atoms with van der Waals surface area (Å²) in [6.45, 7) is 2.82. The van der Waals surface area contributed by atoms with Crippen LogP contribution < -0.4 is 0 Å². The first kappa shape index (κ1) is 18.7. The van der Waals surface area contributed by atoms with Crippen molar-refractivity contribution in [3.63, 3.8) is 0 Å². The van der Waals surface area contributed by atoms with Gasteiger partial charge in [-0.1, -0.05) is 55.8 Å². The number of hydrogen-bond donors (Lipinski definition) is 0. The van der Waals surface area contributed by atoms with Gasteiger partial charge in [0.15, 0.2) is 5.76 Å². The molecule has 4 aromatic rings. The molecule has 4 rings (SSSR count). The fourth-order valence-corrected chi connectivity index (χ4v) is 3.33. The van der Waals surface area contributed by atoms with E-state index in [9.17, 15) is 5.26 Å². The van der Waals surface area contributed by atoms with Crippen molar-refractivity contribution in [2.75, 3.05) is 0 Å². The Balaban J connectivity index is 1.59. The third kappa shape index (κ3) is 4.12. The van der Waals surface area contributed by atoms with Gasteiger partial charge in [-0.2, -0.15) is 5.26 Å². The van der Waals surface area contributed by atoms with Gasteiger partial charge in [0.05, 0.1) is 24.4 Å². The van der Waals surface area contributed by atoms with Crippen molar-refractivity contribution < 1.29 is 4.42 Å². The standard InChI is InChI=1S/C24H22N4O/c1-2-3-10-23-26-24(22-9-6-15-29-22)27-28(23)17-18-11-13-19(14-12-18)21-8-5-4-7-20(21)16-25/h4-9,11-15H,2-3,10,17H2,1H3. The Morgan fingerprint density at radius 1 is 1.03 bits per heavy atom. The van der Waals surface area contributed by atoms with Crippen LogP contribution in [0, 0.1) is 11.3 Å². The Morgan fingerprint density at radius 2 is 1.86 bits per heavy atom. The number of hydrogen-bond acceptors (Lipinski definition) is 4. The predicted molar refractivity (Wildman–Crippen MR) is 112 cm³/mol. The fourth-order valence-electron chi connectivity index (χ4n) is 3.33. The summed E-state index contributed by atoms with van der Waals surface area (Å²) in [5.74, 6) is 2.28. The van der Waals surface area contributed by atoms with Crippen molar-refractivity contribution in [1.29, 1.82) is 5.26 Å². The minimum Gasteiger partial charge on any atom is -0.461 e. The number of rotatable bonds is 7. The van der Waals surface area contributed by atoms with E-state index in [2.05, 4.69) is 42.4 Å². The van der Waals surface area contributed by atoms with Gasteiger partial charge in [0.25, 0.3) is 0 Å². The molecular formula is C24H22N4O. The summed E-state index contributed by atoms with van der Waals surface area (Å²) < 4.78 is 7.43. The summed E-state index contributed by atoms with van der Waals surface area (Å²) in [5, 5.41) is 14.0. The number of unbranched alkanes of at least 4 members (excludes halogenated alkanes) is 1. The van der Waals surface area contributed by atoms with Crippen LogP contribution in [0.25, 0.3) is 22.7 Å². The van der Waals surface area contributed by atoms with Crippen molar-refractivity contribution in [1.82, 2.24) is 14.8 Å². The van der Waals surface area contributed by atoms with Crippen LogP contribution >= 0.6 is 0 Å². The molecule has 144 valence electrons. The molecule has 0 N–H and O–H groups in total. The Morgan fingerprint density at radius 3 is 2.59 bits per heavy atom. The first-order valence-electron chi connectivity index (χ1n) is 9.84. The molecule has 5 heteroatoms. The first-order valence-corrected chi connectivity index (χ1v) is 9.84. The van der Waals surface area contributed by atoms with Crippen molar-refractivity contribution in [3.8, 4) is 28.8 Å². The number of nitriles is 1. The maximum atomic E-state index is 9.34. The maximum absolute atomic E-state index is 9.34. The Hall–Kier alpha value is -3.65. The van der Waals surface area contributed by atoms with E-state index in [-0.39, 0.29) is 0 Å². The van der Waals surface area contributed by atoms with E-state index in [1.165, 1.54) is 0 Å². The molecule has 0 fully saturated rings. The predicted octanol–water partition coefficient (Wildman–Crippen LogP) is 5.47. The molecule has 0 saturated carbocycles. The van der Waals surface area contributed by atoms with E-state index < -0.39 is 0 Å². The molecule has 0 bridgehead atoms. The van der Waals surface area contributed by atoms with Crippen LogP contribution in [-0.2, 0) is 13.0 Å². The lowest BCUT2D eigenvalue weighted by atomic mass is 9.99. The molecule has 5 nitrogen and oxygen atoms in total. The highest BCUT2D eigenvalue weighted by molar-refractivity contribution is 5.70. The van der Waals surface area contributed by atoms with Crippen LogP contribution in [0.1, 0.15) is 36.7 Å². The Kier molecular flexibility index (Phi) is 5.53. The molecule has 0 amide bonds. The van der Waals surface area contributed by atoms with Gasteiger partial charge in [-0.25, -0.2) is 9.67 Å². The summed E-state index contributed by atoms with van der Waals surface area (Å²) in [4.78, 5) is 4.70. The van der Waals surface area contributed by atoms with Gasteiger partial charge in [0, 0.05) is 6.42 Å². The summed E-state index contributed by atoms with van der Waals surface area (Å²) in [7, 11) is 0. The van der Waals surface area contributed by atoms with Crippen LogP contribution in [0.2, 0.25) is 0 Å². The zero-order valence-corrected chi connectivity index (χ0v) is 16.4. The van der Waals surface area contributed by atoms with Gasteiger partial charge < -0.3 is 4.42 Å². The summed E-state index contributed by atoms with van der Waals surface area (Å²) in [5.41, 5.74) is 3.80. The average molecular weight is 382 g/mol. The normalized spacial score (nSPS) is 10.8. The third-order valence-corrected chi connectivity index (χ3v) is 4.89. The molecule has 2 heterocycles. The minimum absolute atomic E-state index is 0.626. The quantitative estimate of drug-likeness (QED) is 0.425. The molecule has 2 aromatic carbocycles. The van der Waals surface area contributed by atoms with Crippen LogP contribution in [0.4, 0.5) is 0 Å². The second kappa shape index (κ2) is 8.57. The molecule has 0 unspecified atom stereocenters. The minimum atomic E-state index is 0.626. The van der Waals surface area contributed by atoms with E-state index in [0.717, 1.165) is 41.8 Å². The maximum Gasteiger partial charge on any atom is 0.217 e. The number of benzene rings is 2. The summed E-state index contributed by atoms with van der Waals surface area (Å²) in [6, 6.07) is 21.9. The second-order valence-electron chi connectivity index (χ2n) is 6.94. The third-order valence-electron chi connectivity index (χ3n) is 4.89. The number of nitrogens with zero attached hydrogens (tertiary/aromatic N) is 4. The zero-order valence-electron chi connectivity index (χ0n) is 16.4. The molecule has 0 aliphatic rings. The van der Waals surface area contributed by atoms with E-state index in [4.69, 9.17) is 9.40 Å². The molecule has 0 atom stereocenters.